The first-order valence-corrected chi connectivity index (χ1v) is 9.27. The van der Waals surface area contributed by atoms with Gasteiger partial charge < -0.3 is 9.32 Å². The zero-order chi connectivity index (χ0) is 16.2. The van der Waals surface area contributed by atoms with Crippen molar-refractivity contribution >= 4 is 17.2 Å². The topological polar surface area (TPSA) is 46.3 Å². The molecule has 3 heterocycles. The van der Waals surface area contributed by atoms with Crippen molar-refractivity contribution in [1.82, 2.24) is 9.88 Å². The highest BCUT2D eigenvalue weighted by atomic mass is 32.1. The van der Waals surface area contributed by atoms with Crippen LogP contribution in [0.5, 0.6) is 0 Å². The third-order valence-corrected chi connectivity index (χ3v) is 5.45. The van der Waals surface area contributed by atoms with Gasteiger partial charge in [-0.3, -0.25) is 4.79 Å². The Balaban J connectivity index is 1.57. The van der Waals surface area contributed by atoms with Crippen LogP contribution in [0.15, 0.2) is 28.2 Å². The Kier molecular flexibility index (Phi) is 5.16. The van der Waals surface area contributed by atoms with Crippen LogP contribution in [0.4, 0.5) is 0 Å². The summed E-state index contributed by atoms with van der Waals surface area (Å²) in [5.74, 6) is 1.98. The number of piperidine rings is 1. The second-order valence-electron chi connectivity index (χ2n) is 6.52. The SMILES string of the molecule is CC(C)c1csc([C@H]2CCCN(C(=O)CCc3ccco3)C2)n1. The monoisotopic (exact) mass is 332 g/mol. The molecule has 1 fully saturated rings. The van der Waals surface area contributed by atoms with Crippen LogP contribution in [0, 0.1) is 0 Å². The van der Waals surface area contributed by atoms with Gasteiger partial charge in [0.1, 0.15) is 5.76 Å². The molecule has 0 N–H and O–H groups in total. The predicted octanol–water partition coefficient (Wildman–Crippen LogP) is 4.20. The van der Waals surface area contributed by atoms with Crippen LogP contribution >= 0.6 is 11.3 Å². The lowest BCUT2D eigenvalue weighted by Crippen LogP contribution is -2.39. The zero-order valence-corrected chi connectivity index (χ0v) is 14.6. The summed E-state index contributed by atoms with van der Waals surface area (Å²) >= 11 is 1.75. The lowest BCUT2D eigenvalue weighted by Gasteiger charge is -2.32. The van der Waals surface area contributed by atoms with Gasteiger partial charge in [-0.2, -0.15) is 0 Å². The van der Waals surface area contributed by atoms with Gasteiger partial charge in [-0.05, 0) is 30.9 Å². The fraction of sp³-hybridized carbons (Fsp3) is 0.556. The van der Waals surface area contributed by atoms with Crippen molar-refractivity contribution in [2.24, 2.45) is 0 Å². The highest BCUT2D eigenvalue weighted by Gasteiger charge is 2.26. The van der Waals surface area contributed by atoms with Gasteiger partial charge in [0.05, 0.1) is 17.0 Å². The molecule has 0 aliphatic carbocycles. The standard InChI is InChI=1S/C18H24N2O2S/c1-13(2)16-12-23-18(19-16)14-5-3-9-20(11-14)17(21)8-7-15-6-4-10-22-15/h4,6,10,12-14H,3,5,7-9,11H2,1-2H3/t14-/m0/s1. The molecule has 0 radical (unpaired) electrons. The van der Waals surface area contributed by atoms with Gasteiger partial charge in [0.2, 0.25) is 5.91 Å². The number of hydrogen-bond donors (Lipinski definition) is 0. The van der Waals surface area contributed by atoms with E-state index in [1.807, 2.05) is 17.0 Å². The first-order chi connectivity index (χ1) is 11.1. The van der Waals surface area contributed by atoms with E-state index in [0.717, 1.165) is 31.7 Å². The highest BCUT2D eigenvalue weighted by Crippen LogP contribution is 2.31. The number of carbonyl (C=O) groups is 1. The van der Waals surface area contributed by atoms with Crippen LogP contribution in [0.25, 0.3) is 0 Å². The fourth-order valence-electron chi connectivity index (χ4n) is 3.00. The molecule has 5 heteroatoms. The quantitative estimate of drug-likeness (QED) is 0.824. The number of thiazole rings is 1. The number of aromatic nitrogens is 1. The van der Waals surface area contributed by atoms with Crippen LogP contribution in [0.2, 0.25) is 0 Å². The summed E-state index contributed by atoms with van der Waals surface area (Å²) in [4.78, 5) is 19.2. The minimum absolute atomic E-state index is 0.228. The third kappa shape index (κ3) is 4.02. The predicted molar refractivity (Wildman–Crippen MR) is 91.8 cm³/mol. The molecule has 4 nitrogen and oxygen atoms in total. The molecule has 0 unspecified atom stereocenters. The number of likely N-dealkylation sites (tertiary alicyclic amines) is 1. The molecule has 2 aromatic heterocycles. The average molecular weight is 332 g/mol. The maximum atomic E-state index is 12.5. The first kappa shape index (κ1) is 16.2. The molecule has 1 aliphatic rings. The van der Waals surface area contributed by atoms with Crippen LogP contribution < -0.4 is 0 Å². The van der Waals surface area contributed by atoms with Crippen molar-refractivity contribution in [2.75, 3.05) is 13.1 Å². The molecule has 0 spiro atoms. The summed E-state index contributed by atoms with van der Waals surface area (Å²) in [7, 11) is 0. The number of nitrogens with zero attached hydrogens (tertiary/aromatic N) is 2. The van der Waals surface area contributed by atoms with Gasteiger partial charge in [-0.1, -0.05) is 13.8 Å². The van der Waals surface area contributed by atoms with Crippen LogP contribution in [-0.4, -0.2) is 28.9 Å². The summed E-state index contributed by atoms with van der Waals surface area (Å²) < 4.78 is 5.31. The van der Waals surface area contributed by atoms with Gasteiger partial charge in [0.25, 0.3) is 0 Å². The van der Waals surface area contributed by atoms with Crippen molar-refractivity contribution in [1.29, 1.82) is 0 Å². The van der Waals surface area contributed by atoms with Crippen molar-refractivity contribution in [2.45, 2.75) is 51.4 Å². The van der Waals surface area contributed by atoms with E-state index in [4.69, 9.17) is 9.40 Å². The Bertz CT molecular complexity index is 633. The number of carbonyl (C=O) groups excluding carboxylic acids is 1. The minimum Gasteiger partial charge on any atom is -0.469 e. The Morgan fingerprint density at radius 2 is 2.39 bits per heavy atom. The van der Waals surface area contributed by atoms with Crippen molar-refractivity contribution in [3.8, 4) is 0 Å². The maximum absolute atomic E-state index is 12.5. The average Bonchev–Trinajstić information content (AvgIpc) is 3.24. The van der Waals surface area contributed by atoms with Crippen LogP contribution in [0.1, 0.15) is 61.4 Å². The summed E-state index contributed by atoms with van der Waals surface area (Å²) in [5, 5.41) is 3.36. The molecule has 3 rings (SSSR count). The summed E-state index contributed by atoms with van der Waals surface area (Å²) in [6, 6.07) is 3.79. The second kappa shape index (κ2) is 7.30. The molecule has 23 heavy (non-hydrogen) atoms. The van der Waals surface area contributed by atoms with Gasteiger partial charge in [-0.25, -0.2) is 4.98 Å². The highest BCUT2D eigenvalue weighted by molar-refractivity contribution is 7.09. The van der Waals surface area contributed by atoms with E-state index in [2.05, 4.69) is 19.2 Å². The summed E-state index contributed by atoms with van der Waals surface area (Å²) in [5.41, 5.74) is 1.17. The van der Waals surface area contributed by atoms with Crippen molar-refractivity contribution in [3.05, 3.63) is 40.2 Å². The first-order valence-electron chi connectivity index (χ1n) is 8.39. The second-order valence-corrected chi connectivity index (χ2v) is 7.41. The van der Waals surface area contributed by atoms with E-state index in [-0.39, 0.29) is 5.91 Å². The van der Waals surface area contributed by atoms with Crippen molar-refractivity contribution < 1.29 is 9.21 Å². The zero-order valence-electron chi connectivity index (χ0n) is 13.8. The summed E-state index contributed by atoms with van der Waals surface area (Å²) in [6.45, 7) is 6.02. The molecule has 0 bridgehead atoms. The third-order valence-electron chi connectivity index (χ3n) is 4.42. The number of amides is 1. The molecule has 1 aliphatic heterocycles. The minimum atomic E-state index is 0.228. The maximum Gasteiger partial charge on any atom is 0.223 e. The van der Waals surface area contributed by atoms with Gasteiger partial charge in [0.15, 0.2) is 0 Å². The fourth-order valence-corrected chi connectivity index (χ4v) is 4.11. The van der Waals surface area contributed by atoms with E-state index < -0.39 is 0 Å². The smallest absolute Gasteiger partial charge is 0.223 e. The lowest BCUT2D eigenvalue weighted by molar-refractivity contribution is -0.132. The van der Waals surface area contributed by atoms with Crippen LogP contribution in [0.3, 0.4) is 0 Å². The van der Waals surface area contributed by atoms with Gasteiger partial charge in [-0.15, -0.1) is 11.3 Å². The van der Waals surface area contributed by atoms with E-state index in [1.165, 1.54) is 10.7 Å². The van der Waals surface area contributed by atoms with E-state index in [1.54, 1.807) is 17.6 Å². The molecule has 0 aromatic carbocycles. The van der Waals surface area contributed by atoms with Gasteiger partial charge in [0, 0.05) is 37.2 Å². The molecule has 124 valence electrons. The van der Waals surface area contributed by atoms with Crippen LogP contribution in [-0.2, 0) is 11.2 Å². The van der Waals surface area contributed by atoms with Crippen molar-refractivity contribution in [3.63, 3.8) is 0 Å². The molecular weight excluding hydrogens is 308 g/mol. The Morgan fingerprint density at radius 1 is 1.52 bits per heavy atom. The number of furan rings is 1. The normalized spacial score (nSPS) is 18.6. The number of hydrogen-bond acceptors (Lipinski definition) is 4. The molecule has 1 amide bonds. The largest absolute Gasteiger partial charge is 0.469 e. The lowest BCUT2D eigenvalue weighted by atomic mass is 9.98. The molecule has 2 aromatic rings. The Morgan fingerprint density at radius 3 is 3.09 bits per heavy atom. The van der Waals surface area contributed by atoms with Gasteiger partial charge >= 0.3 is 0 Å². The summed E-state index contributed by atoms with van der Waals surface area (Å²) in [6.07, 6.45) is 5.06. The van der Waals surface area contributed by atoms with E-state index in [0.29, 0.717) is 24.7 Å². The number of rotatable bonds is 5. The van der Waals surface area contributed by atoms with E-state index >= 15 is 0 Å². The number of aryl methyl sites for hydroxylation is 1. The van der Waals surface area contributed by atoms with E-state index in [9.17, 15) is 4.79 Å². The molecule has 1 atom stereocenters. The molecule has 0 saturated carbocycles. The molecule has 1 saturated heterocycles. The molecular formula is C18H24N2O2S. The Labute approximate surface area is 141 Å². The Hall–Kier alpha value is -1.62.